The molecule has 0 aliphatic carbocycles. The first kappa shape index (κ1) is 21.9. The number of likely N-dealkylation sites (N-methyl/N-ethyl adjacent to an activating group) is 1. The predicted octanol–water partition coefficient (Wildman–Crippen LogP) is 3.04. The molecule has 10 heteroatoms. The van der Waals surface area contributed by atoms with Crippen molar-refractivity contribution in [1.82, 2.24) is 9.29 Å². The Kier molecular flexibility index (Phi) is 6.49. The van der Waals surface area contributed by atoms with Crippen molar-refractivity contribution < 1.29 is 22.7 Å². The molecule has 8 nitrogen and oxygen atoms in total. The van der Waals surface area contributed by atoms with Crippen molar-refractivity contribution in [3.8, 4) is 0 Å². The molecular formula is C20H21N3O5S2. The number of anilines is 1. The van der Waals surface area contributed by atoms with E-state index in [2.05, 4.69) is 10.3 Å². The molecule has 3 aromatic rings. The summed E-state index contributed by atoms with van der Waals surface area (Å²) < 4.78 is 32.4. The fourth-order valence-corrected chi connectivity index (χ4v) is 4.88. The molecule has 1 heterocycles. The lowest BCUT2D eigenvalue weighted by atomic mass is 10.2. The average Bonchev–Trinajstić information content (AvgIpc) is 3.07. The van der Waals surface area contributed by atoms with Gasteiger partial charge in [0, 0.05) is 12.7 Å². The second-order valence-electron chi connectivity index (χ2n) is 6.47. The number of aromatic nitrogens is 1. The summed E-state index contributed by atoms with van der Waals surface area (Å²) in [5, 5.41) is 3.45. The first-order valence-corrected chi connectivity index (χ1v) is 11.4. The maximum atomic E-state index is 12.9. The van der Waals surface area contributed by atoms with Crippen LogP contribution in [0.2, 0.25) is 0 Å². The van der Waals surface area contributed by atoms with E-state index < -0.39 is 21.9 Å². The van der Waals surface area contributed by atoms with Crippen LogP contribution in [0.5, 0.6) is 0 Å². The van der Waals surface area contributed by atoms with Gasteiger partial charge in [-0.3, -0.25) is 4.79 Å². The van der Waals surface area contributed by atoms with Gasteiger partial charge in [0.1, 0.15) is 0 Å². The number of esters is 1. The Bertz CT molecular complexity index is 1200. The van der Waals surface area contributed by atoms with Crippen LogP contribution in [0.15, 0.2) is 47.4 Å². The molecule has 0 saturated carbocycles. The summed E-state index contributed by atoms with van der Waals surface area (Å²) in [5.41, 5.74) is 1.40. The van der Waals surface area contributed by atoms with E-state index in [0.717, 1.165) is 19.5 Å². The molecule has 0 atom stereocenters. The largest absolute Gasteiger partial charge is 0.462 e. The molecule has 0 unspecified atom stereocenters. The molecular weight excluding hydrogens is 426 g/mol. The number of nitrogens with zero attached hydrogens (tertiary/aromatic N) is 2. The lowest BCUT2D eigenvalue weighted by Crippen LogP contribution is -2.35. The van der Waals surface area contributed by atoms with Crippen molar-refractivity contribution in [2.75, 3.05) is 25.5 Å². The van der Waals surface area contributed by atoms with Crippen molar-refractivity contribution in [2.45, 2.75) is 18.7 Å². The van der Waals surface area contributed by atoms with Gasteiger partial charge in [-0.25, -0.2) is 18.2 Å². The highest BCUT2D eigenvalue weighted by atomic mass is 32.2. The van der Waals surface area contributed by atoms with Crippen molar-refractivity contribution in [3.63, 3.8) is 0 Å². The number of sulfonamides is 1. The third kappa shape index (κ3) is 4.84. The summed E-state index contributed by atoms with van der Waals surface area (Å²) in [6, 6.07) is 11.0. The van der Waals surface area contributed by atoms with Gasteiger partial charge >= 0.3 is 5.97 Å². The number of thiazole rings is 1. The molecule has 0 aliphatic heterocycles. The molecule has 1 aromatic heterocycles. The Morgan fingerprint density at radius 2 is 1.97 bits per heavy atom. The minimum atomic E-state index is -3.86. The number of benzene rings is 2. The van der Waals surface area contributed by atoms with Crippen molar-refractivity contribution in [1.29, 1.82) is 0 Å². The number of ether oxygens (including phenoxy) is 1. The number of hydrogen-bond acceptors (Lipinski definition) is 7. The number of rotatable bonds is 7. The summed E-state index contributed by atoms with van der Waals surface area (Å²) in [5.74, 6) is -1.03. The summed E-state index contributed by atoms with van der Waals surface area (Å²) in [6.07, 6.45) is 0. The Morgan fingerprint density at radius 3 is 2.70 bits per heavy atom. The fourth-order valence-electron chi connectivity index (χ4n) is 2.79. The van der Waals surface area contributed by atoms with Crippen LogP contribution in [-0.4, -0.2) is 49.8 Å². The number of hydrogen-bond donors (Lipinski definition) is 1. The number of amides is 1. The summed E-state index contributed by atoms with van der Waals surface area (Å²) in [4.78, 5) is 28.6. The minimum Gasteiger partial charge on any atom is -0.462 e. The van der Waals surface area contributed by atoms with Crippen LogP contribution in [0, 0.1) is 6.92 Å². The Morgan fingerprint density at radius 1 is 1.20 bits per heavy atom. The van der Waals surface area contributed by atoms with Crippen molar-refractivity contribution in [2.24, 2.45) is 0 Å². The van der Waals surface area contributed by atoms with Gasteiger partial charge in [0.2, 0.25) is 15.9 Å². The molecule has 0 fully saturated rings. The zero-order chi connectivity index (χ0) is 21.9. The lowest BCUT2D eigenvalue weighted by molar-refractivity contribution is -0.116. The van der Waals surface area contributed by atoms with Crippen LogP contribution in [-0.2, 0) is 19.6 Å². The molecule has 1 amide bonds. The smallest absolute Gasteiger partial charge is 0.338 e. The molecule has 1 N–H and O–H groups in total. The van der Waals surface area contributed by atoms with Crippen LogP contribution in [0.1, 0.15) is 22.3 Å². The van der Waals surface area contributed by atoms with Gasteiger partial charge < -0.3 is 10.1 Å². The van der Waals surface area contributed by atoms with E-state index in [4.69, 9.17) is 4.74 Å². The van der Waals surface area contributed by atoms with Gasteiger partial charge in [-0.05, 0) is 50.2 Å². The topological polar surface area (TPSA) is 106 Å². The van der Waals surface area contributed by atoms with Gasteiger partial charge in [-0.2, -0.15) is 4.31 Å². The van der Waals surface area contributed by atoms with Gasteiger partial charge in [0.15, 0.2) is 0 Å². The van der Waals surface area contributed by atoms with Crippen molar-refractivity contribution in [3.05, 3.63) is 53.0 Å². The Balaban J connectivity index is 1.71. The average molecular weight is 448 g/mol. The quantitative estimate of drug-likeness (QED) is 0.558. The highest BCUT2D eigenvalue weighted by molar-refractivity contribution is 7.89. The number of nitrogens with one attached hydrogen (secondary N) is 1. The van der Waals surface area contributed by atoms with E-state index >= 15 is 0 Å². The van der Waals surface area contributed by atoms with E-state index in [9.17, 15) is 18.0 Å². The van der Waals surface area contributed by atoms with Gasteiger partial charge in [0.25, 0.3) is 0 Å². The predicted molar refractivity (Wildman–Crippen MR) is 115 cm³/mol. The first-order chi connectivity index (χ1) is 14.2. The van der Waals surface area contributed by atoms with Gasteiger partial charge in [-0.15, -0.1) is 11.3 Å². The fraction of sp³-hybridized carbons (Fsp3) is 0.250. The van der Waals surface area contributed by atoms with Crippen LogP contribution < -0.4 is 5.32 Å². The molecule has 0 spiro atoms. The molecule has 0 radical (unpaired) electrons. The third-order valence-corrected chi connectivity index (χ3v) is 6.93. The molecule has 0 bridgehead atoms. The van der Waals surface area contributed by atoms with E-state index in [1.807, 2.05) is 6.92 Å². The van der Waals surface area contributed by atoms with E-state index in [1.165, 1.54) is 30.5 Å². The van der Waals surface area contributed by atoms with Crippen LogP contribution in [0.4, 0.5) is 5.69 Å². The highest BCUT2D eigenvalue weighted by Gasteiger charge is 2.24. The maximum absolute atomic E-state index is 12.9. The highest BCUT2D eigenvalue weighted by Crippen LogP contribution is 2.26. The zero-order valence-electron chi connectivity index (χ0n) is 16.7. The standard InChI is InChI=1S/C20H21N3O5S2/c1-4-28-20(25)14-6-5-7-15(10-14)22-19(24)12-23(3)30(26,27)16-8-9-17-18(11-16)29-13(2)21-17/h5-11H,4,12H2,1-3H3,(H,22,24). The molecule has 0 saturated heterocycles. The van der Waals surface area contributed by atoms with E-state index in [1.54, 1.807) is 37.3 Å². The van der Waals surface area contributed by atoms with Gasteiger partial charge in [-0.1, -0.05) is 6.07 Å². The summed E-state index contributed by atoms with van der Waals surface area (Å²) in [6.45, 7) is 3.41. The molecule has 3 rings (SSSR count). The monoisotopic (exact) mass is 447 g/mol. The van der Waals surface area contributed by atoms with Crippen LogP contribution >= 0.6 is 11.3 Å². The lowest BCUT2D eigenvalue weighted by Gasteiger charge is -2.17. The number of carbonyl (C=O) groups excluding carboxylic acids is 2. The van der Waals surface area contributed by atoms with Crippen molar-refractivity contribution >= 4 is 49.1 Å². The number of fused-ring (bicyclic) bond motifs is 1. The summed E-state index contributed by atoms with van der Waals surface area (Å²) >= 11 is 1.41. The Labute approximate surface area is 178 Å². The maximum Gasteiger partial charge on any atom is 0.338 e. The van der Waals surface area contributed by atoms with E-state index in [0.29, 0.717) is 11.3 Å². The molecule has 0 aliphatic rings. The van der Waals surface area contributed by atoms with Crippen LogP contribution in [0.3, 0.4) is 0 Å². The zero-order valence-corrected chi connectivity index (χ0v) is 18.3. The van der Waals surface area contributed by atoms with Gasteiger partial charge in [0.05, 0.1) is 38.8 Å². The second-order valence-corrected chi connectivity index (χ2v) is 9.75. The summed E-state index contributed by atoms with van der Waals surface area (Å²) in [7, 11) is -2.52. The minimum absolute atomic E-state index is 0.0956. The van der Waals surface area contributed by atoms with Crippen LogP contribution in [0.25, 0.3) is 10.2 Å². The Hall–Kier alpha value is -2.82. The number of aryl methyl sites for hydroxylation is 1. The number of carbonyl (C=O) groups is 2. The SMILES string of the molecule is CCOC(=O)c1cccc(NC(=O)CN(C)S(=O)(=O)c2ccc3nc(C)sc3c2)c1. The normalized spacial score (nSPS) is 11.6. The molecule has 2 aromatic carbocycles. The third-order valence-electron chi connectivity index (χ3n) is 4.20. The molecule has 158 valence electrons. The second kappa shape index (κ2) is 8.90. The first-order valence-electron chi connectivity index (χ1n) is 9.11. The molecule has 30 heavy (non-hydrogen) atoms. The van der Waals surface area contributed by atoms with E-state index in [-0.39, 0.29) is 18.0 Å².